The Bertz CT molecular complexity index is 595. The number of ether oxygens (including phenoxy) is 1. The van der Waals surface area contributed by atoms with E-state index in [1.54, 1.807) is 0 Å². The van der Waals surface area contributed by atoms with E-state index in [9.17, 15) is 31.5 Å². The van der Waals surface area contributed by atoms with Crippen molar-refractivity contribution in [3.8, 4) is 0 Å². The summed E-state index contributed by atoms with van der Waals surface area (Å²) in [6, 6.07) is 0. The van der Waals surface area contributed by atoms with Gasteiger partial charge in [-0.2, -0.15) is 0 Å². The molecule has 1 N–H and O–H groups in total. The van der Waals surface area contributed by atoms with Gasteiger partial charge in [-0.15, -0.1) is 0 Å². The highest BCUT2D eigenvalue weighted by Gasteiger charge is 2.31. The quantitative estimate of drug-likeness (QED) is 0.305. The van der Waals surface area contributed by atoms with E-state index in [0.29, 0.717) is 0 Å². The molecular weight excluding hydrogens is 291 g/mol. The van der Waals surface area contributed by atoms with Gasteiger partial charge in [0.15, 0.2) is 23.3 Å². The largest absolute Gasteiger partial charge is 0.478 e. The Morgan fingerprint density at radius 3 is 1.70 bits per heavy atom. The Hall–Kier alpha value is -2.45. The van der Waals surface area contributed by atoms with Gasteiger partial charge in [0.05, 0.1) is 18.2 Å². The summed E-state index contributed by atoms with van der Waals surface area (Å²) in [7, 11) is 0.740. The fourth-order valence-electron chi connectivity index (χ4n) is 1.31. The molecule has 0 spiro atoms. The van der Waals surface area contributed by atoms with Crippen molar-refractivity contribution in [2.75, 3.05) is 7.11 Å². The van der Waals surface area contributed by atoms with Gasteiger partial charge in [0.25, 0.3) is 0 Å². The van der Waals surface area contributed by atoms with E-state index >= 15 is 0 Å². The fourth-order valence-corrected chi connectivity index (χ4v) is 1.31. The van der Waals surface area contributed by atoms with Crippen LogP contribution in [0.25, 0.3) is 5.57 Å². The van der Waals surface area contributed by atoms with Crippen LogP contribution in [-0.2, 0) is 14.3 Å². The first-order valence-electron chi connectivity index (χ1n) is 4.77. The zero-order chi connectivity index (χ0) is 15.6. The summed E-state index contributed by atoms with van der Waals surface area (Å²) in [4.78, 5) is 21.7. The van der Waals surface area contributed by atoms with E-state index in [-0.39, 0.29) is 6.08 Å². The summed E-state index contributed by atoms with van der Waals surface area (Å²) in [6.07, 6.45) is -0.0237. The van der Waals surface area contributed by atoms with Crippen LogP contribution in [0.15, 0.2) is 6.08 Å². The topological polar surface area (TPSA) is 63.6 Å². The number of hydrogen-bond donors (Lipinski definition) is 1. The lowest BCUT2D eigenvalue weighted by molar-refractivity contribution is -0.135. The molecule has 4 nitrogen and oxygen atoms in total. The first kappa shape index (κ1) is 15.6. The molecule has 0 unspecified atom stereocenters. The molecule has 0 aliphatic heterocycles. The molecule has 1 aromatic rings. The predicted octanol–water partition coefficient (Wildman–Crippen LogP) is 2.02. The average molecular weight is 296 g/mol. The van der Waals surface area contributed by atoms with Crippen LogP contribution in [0.3, 0.4) is 0 Å². The minimum absolute atomic E-state index is 0.0237. The highest BCUT2D eigenvalue weighted by molar-refractivity contribution is 6.20. The van der Waals surface area contributed by atoms with Crippen molar-refractivity contribution in [2.45, 2.75) is 0 Å². The van der Waals surface area contributed by atoms with Crippen LogP contribution in [0, 0.1) is 29.1 Å². The molecule has 0 fully saturated rings. The van der Waals surface area contributed by atoms with E-state index in [1.165, 1.54) is 0 Å². The zero-order valence-corrected chi connectivity index (χ0v) is 9.64. The number of hydrogen-bond acceptors (Lipinski definition) is 3. The molecule has 9 heteroatoms. The zero-order valence-electron chi connectivity index (χ0n) is 9.64. The maximum absolute atomic E-state index is 13.4. The number of carboxylic acids is 1. The SMILES string of the molecule is COC(=O)C(=CC(=O)O)c1c(F)c(F)c(F)c(F)c1F. The van der Waals surface area contributed by atoms with Crippen molar-refractivity contribution < 1.29 is 41.4 Å². The second-order valence-electron chi connectivity index (χ2n) is 3.33. The highest BCUT2D eigenvalue weighted by atomic mass is 19.2. The Labute approximate surface area is 108 Å². The molecule has 0 heterocycles. The first-order valence-corrected chi connectivity index (χ1v) is 4.77. The van der Waals surface area contributed by atoms with Crippen LogP contribution >= 0.6 is 0 Å². The third kappa shape index (κ3) is 2.60. The number of halogens is 5. The third-order valence-electron chi connectivity index (χ3n) is 2.15. The van der Waals surface area contributed by atoms with Gasteiger partial charge in [0.2, 0.25) is 5.82 Å². The molecule has 0 radical (unpaired) electrons. The standard InChI is InChI=1S/C11H5F5O4/c1-20-11(19)3(2-4(17)18)5-6(12)8(14)10(16)9(15)7(5)13/h2H,1H3,(H,17,18). The monoisotopic (exact) mass is 296 g/mol. The van der Waals surface area contributed by atoms with Crippen molar-refractivity contribution in [1.29, 1.82) is 0 Å². The van der Waals surface area contributed by atoms with Gasteiger partial charge in [0, 0.05) is 6.08 Å². The molecule has 1 rings (SSSR count). The van der Waals surface area contributed by atoms with E-state index in [2.05, 4.69) is 4.74 Å². The third-order valence-corrected chi connectivity index (χ3v) is 2.15. The van der Waals surface area contributed by atoms with E-state index in [1.807, 2.05) is 0 Å². The normalized spacial score (nSPS) is 11.4. The van der Waals surface area contributed by atoms with Crippen molar-refractivity contribution in [3.63, 3.8) is 0 Å². The number of carbonyl (C=O) groups is 2. The van der Waals surface area contributed by atoms with Crippen LogP contribution in [0.4, 0.5) is 22.0 Å². The molecular formula is C11H5F5O4. The minimum Gasteiger partial charge on any atom is -0.478 e. The maximum atomic E-state index is 13.4. The number of aliphatic carboxylic acids is 1. The summed E-state index contributed by atoms with van der Waals surface area (Å²) in [5.41, 5.74) is -2.98. The maximum Gasteiger partial charge on any atom is 0.338 e. The lowest BCUT2D eigenvalue weighted by atomic mass is 10.0. The number of esters is 1. The Kier molecular flexibility index (Phi) is 4.43. The Balaban J connectivity index is 3.74. The lowest BCUT2D eigenvalue weighted by Crippen LogP contribution is -2.13. The smallest absolute Gasteiger partial charge is 0.338 e. The van der Waals surface area contributed by atoms with Crippen molar-refractivity contribution in [2.24, 2.45) is 0 Å². The van der Waals surface area contributed by atoms with Crippen LogP contribution in [0.1, 0.15) is 5.56 Å². The minimum atomic E-state index is -2.43. The predicted molar refractivity (Wildman–Crippen MR) is 53.9 cm³/mol. The molecule has 0 aromatic heterocycles. The molecule has 1 aromatic carbocycles. The molecule has 20 heavy (non-hydrogen) atoms. The summed E-state index contributed by atoms with van der Waals surface area (Å²) >= 11 is 0. The van der Waals surface area contributed by atoms with E-state index < -0.39 is 52.2 Å². The number of benzene rings is 1. The summed E-state index contributed by atoms with van der Waals surface area (Å²) < 4.78 is 69.7. The summed E-state index contributed by atoms with van der Waals surface area (Å²) in [5.74, 6) is -15.1. The molecule has 0 aliphatic rings. The van der Waals surface area contributed by atoms with Crippen molar-refractivity contribution in [3.05, 3.63) is 40.7 Å². The van der Waals surface area contributed by atoms with Crippen LogP contribution in [-0.4, -0.2) is 24.2 Å². The molecule has 108 valence electrons. The van der Waals surface area contributed by atoms with Gasteiger partial charge in [-0.05, 0) is 0 Å². The summed E-state index contributed by atoms with van der Waals surface area (Å²) in [6.45, 7) is 0. The van der Waals surface area contributed by atoms with Gasteiger partial charge in [-0.1, -0.05) is 0 Å². The van der Waals surface area contributed by atoms with Crippen molar-refractivity contribution >= 4 is 17.5 Å². The van der Waals surface area contributed by atoms with Crippen molar-refractivity contribution in [1.82, 2.24) is 0 Å². The number of carbonyl (C=O) groups excluding carboxylic acids is 1. The number of rotatable bonds is 3. The Morgan fingerprint density at radius 2 is 1.35 bits per heavy atom. The van der Waals surface area contributed by atoms with Gasteiger partial charge >= 0.3 is 11.9 Å². The highest BCUT2D eigenvalue weighted by Crippen LogP contribution is 2.29. The molecule has 0 amide bonds. The van der Waals surface area contributed by atoms with E-state index in [4.69, 9.17) is 5.11 Å². The Morgan fingerprint density at radius 1 is 0.950 bits per heavy atom. The second kappa shape index (κ2) is 5.68. The van der Waals surface area contributed by atoms with Gasteiger partial charge in [-0.25, -0.2) is 31.5 Å². The lowest BCUT2D eigenvalue weighted by Gasteiger charge is -2.09. The van der Waals surface area contributed by atoms with Crippen LogP contribution in [0.2, 0.25) is 0 Å². The van der Waals surface area contributed by atoms with Crippen LogP contribution < -0.4 is 0 Å². The van der Waals surface area contributed by atoms with E-state index in [0.717, 1.165) is 7.11 Å². The number of carboxylic acid groups (broad SMARTS) is 1. The van der Waals surface area contributed by atoms with Crippen LogP contribution in [0.5, 0.6) is 0 Å². The molecule has 0 atom stereocenters. The average Bonchev–Trinajstić information content (AvgIpc) is 2.40. The van der Waals surface area contributed by atoms with Gasteiger partial charge < -0.3 is 9.84 Å². The molecule has 0 bridgehead atoms. The van der Waals surface area contributed by atoms with Gasteiger partial charge in [0.1, 0.15) is 0 Å². The number of methoxy groups -OCH3 is 1. The molecule has 0 saturated heterocycles. The van der Waals surface area contributed by atoms with Gasteiger partial charge in [-0.3, -0.25) is 0 Å². The molecule has 0 aliphatic carbocycles. The summed E-state index contributed by atoms with van der Waals surface area (Å²) in [5, 5.41) is 8.47. The molecule has 0 saturated carbocycles. The fraction of sp³-hybridized carbons (Fsp3) is 0.0909. The first-order chi connectivity index (χ1) is 9.22. The second-order valence-corrected chi connectivity index (χ2v) is 3.33.